The number of rotatable bonds is 2. The highest BCUT2D eigenvalue weighted by Crippen LogP contribution is 2.57. The highest BCUT2D eigenvalue weighted by molar-refractivity contribution is 8.01. The second-order valence-corrected chi connectivity index (χ2v) is 9.75. The lowest BCUT2D eigenvalue weighted by Crippen LogP contribution is -2.51. The van der Waals surface area contributed by atoms with E-state index in [-0.39, 0.29) is 23.2 Å². The molecule has 0 spiro atoms. The van der Waals surface area contributed by atoms with Crippen molar-refractivity contribution in [2.24, 2.45) is 0 Å². The van der Waals surface area contributed by atoms with Gasteiger partial charge in [0.2, 0.25) is 0 Å². The summed E-state index contributed by atoms with van der Waals surface area (Å²) < 4.78 is 46.4. The van der Waals surface area contributed by atoms with Crippen molar-refractivity contribution in [2.45, 2.75) is 27.7 Å². The third kappa shape index (κ3) is 2.88. The Hall–Kier alpha value is -1.11. The molecule has 0 saturated carbocycles. The molecule has 0 N–H and O–H groups in total. The van der Waals surface area contributed by atoms with Crippen LogP contribution < -0.4 is 4.74 Å². The number of thioether (sulfide) groups is 1. The van der Waals surface area contributed by atoms with Gasteiger partial charge < -0.3 is 4.74 Å². The van der Waals surface area contributed by atoms with Gasteiger partial charge in [-0.05, 0) is 49.2 Å². The molecule has 1 unspecified atom stereocenters. The van der Waals surface area contributed by atoms with Crippen LogP contribution in [-0.4, -0.2) is 21.8 Å². The van der Waals surface area contributed by atoms with Crippen molar-refractivity contribution in [1.82, 2.24) is 0 Å². The van der Waals surface area contributed by atoms with Crippen LogP contribution in [0.5, 0.6) is 5.75 Å². The first-order valence-electron chi connectivity index (χ1n) is 7.94. The molecule has 0 aliphatic carbocycles. The number of fused-ring (bicyclic) bond motifs is 3. The first kappa shape index (κ1) is 17.3. The maximum Gasteiger partial charge on any atom is 0.165 e. The second-order valence-electron chi connectivity index (χ2n) is 6.17. The molecule has 3 atom stereocenters. The molecule has 2 aromatic carbocycles. The summed E-state index contributed by atoms with van der Waals surface area (Å²) in [5.41, 5.74) is 0.205. The molecular weight excluding hydrogens is 386 g/mol. The van der Waals surface area contributed by atoms with Crippen LogP contribution >= 0.6 is 23.4 Å². The lowest BCUT2D eigenvalue weighted by atomic mass is 9.86. The zero-order chi connectivity index (χ0) is 17.6. The number of hydrogen-bond acceptors (Lipinski definition) is 3. The van der Waals surface area contributed by atoms with Crippen molar-refractivity contribution < 1.29 is 17.7 Å². The van der Waals surface area contributed by atoms with E-state index in [1.165, 1.54) is 11.8 Å². The summed E-state index contributed by atoms with van der Waals surface area (Å²) in [4.78, 5) is 0.879. The van der Waals surface area contributed by atoms with E-state index >= 15 is 0 Å². The number of hydrogen-bond donors (Lipinski definition) is 0. The van der Waals surface area contributed by atoms with Gasteiger partial charge in [0.05, 0.1) is 15.6 Å². The zero-order valence-corrected chi connectivity index (χ0v) is 15.5. The molecule has 0 aromatic heterocycles. The van der Waals surface area contributed by atoms with E-state index in [9.17, 15) is 13.0 Å². The minimum atomic E-state index is -1.16. The van der Waals surface area contributed by atoms with Crippen LogP contribution in [0, 0.1) is 11.6 Å². The van der Waals surface area contributed by atoms with Gasteiger partial charge in [-0.2, -0.15) is 0 Å². The summed E-state index contributed by atoms with van der Waals surface area (Å²) in [6, 6.07) is 9.43. The number of ether oxygens (including phenoxy) is 1. The van der Waals surface area contributed by atoms with Gasteiger partial charge in [-0.15, -0.1) is 11.8 Å². The van der Waals surface area contributed by atoms with Gasteiger partial charge in [0.15, 0.2) is 11.6 Å². The monoisotopic (exact) mass is 400 g/mol. The van der Waals surface area contributed by atoms with E-state index in [1.54, 1.807) is 12.1 Å². The molecule has 0 bridgehead atoms. The maximum atomic E-state index is 14.8. The van der Waals surface area contributed by atoms with Gasteiger partial charge in [-0.3, -0.25) is 4.21 Å². The van der Waals surface area contributed by atoms with Gasteiger partial charge in [-0.25, -0.2) is 8.78 Å². The minimum Gasteiger partial charge on any atom is -0.489 e. The molecule has 0 amide bonds. The molecule has 25 heavy (non-hydrogen) atoms. The van der Waals surface area contributed by atoms with Crippen LogP contribution in [0.4, 0.5) is 8.78 Å². The Bertz CT molecular complexity index is 844. The Morgan fingerprint density at radius 3 is 2.64 bits per heavy atom. The van der Waals surface area contributed by atoms with Crippen LogP contribution in [0.3, 0.4) is 0 Å². The van der Waals surface area contributed by atoms with Gasteiger partial charge >= 0.3 is 0 Å². The van der Waals surface area contributed by atoms with Crippen LogP contribution in [0.25, 0.3) is 0 Å². The summed E-state index contributed by atoms with van der Waals surface area (Å²) in [6.07, 6.45) is 1.31. The number of halogens is 3. The first-order valence-corrected chi connectivity index (χ1v) is 10.5. The maximum absolute atomic E-state index is 14.8. The van der Waals surface area contributed by atoms with Crippen LogP contribution in [-0.2, 0) is 15.5 Å². The fourth-order valence-electron chi connectivity index (χ4n) is 3.60. The van der Waals surface area contributed by atoms with E-state index in [0.717, 1.165) is 17.0 Å². The summed E-state index contributed by atoms with van der Waals surface area (Å²) in [6.45, 7) is 0.126. The Balaban J connectivity index is 1.89. The quantitative estimate of drug-likeness (QED) is 0.716. The van der Waals surface area contributed by atoms with Gasteiger partial charge in [0.25, 0.3) is 0 Å². The predicted octanol–water partition coefficient (Wildman–Crippen LogP) is 4.91. The van der Waals surface area contributed by atoms with E-state index in [4.69, 9.17) is 16.3 Å². The largest absolute Gasteiger partial charge is 0.489 e. The lowest BCUT2D eigenvalue weighted by molar-refractivity contribution is 0.234. The Labute approximate surface area is 156 Å². The molecular formula is C18H15ClF2O2S2. The molecule has 0 radical (unpaired) electrons. The normalized spacial score (nSPS) is 28.0. The standard InChI is InChI=1S/C18H15ClF2O2S2/c19-11-2-4-12(5-3-11)24-18-8-1-9-25(22)15(18)10-23-17-14(21)7-6-13(20)16(17)18/h2-7,15H,1,8-10H2/t15-,18+,25?/m1/s1. The molecule has 132 valence electrons. The first-order chi connectivity index (χ1) is 12.0. The third-order valence-corrected chi connectivity index (χ3v) is 8.54. The average Bonchev–Trinajstić information content (AvgIpc) is 2.60. The molecule has 2 heterocycles. The molecule has 2 nitrogen and oxygen atoms in total. The lowest BCUT2D eigenvalue weighted by Gasteiger charge is -2.46. The van der Waals surface area contributed by atoms with Crippen molar-refractivity contribution >= 4 is 34.2 Å². The van der Waals surface area contributed by atoms with Crippen molar-refractivity contribution in [1.29, 1.82) is 0 Å². The SMILES string of the molecule is O=S1CCC[C@@]2(Sc3ccc(Cl)cc3)c3c(F)ccc(F)c3OC[C@@H]12. The zero-order valence-electron chi connectivity index (χ0n) is 13.1. The van der Waals surface area contributed by atoms with Crippen LogP contribution in [0.1, 0.15) is 18.4 Å². The van der Waals surface area contributed by atoms with E-state index in [1.807, 2.05) is 12.1 Å². The van der Waals surface area contributed by atoms with Gasteiger partial charge in [0, 0.05) is 26.5 Å². The highest BCUT2D eigenvalue weighted by atomic mass is 35.5. The highest BCUT2D eigenvalue weighted by Gasteiger charge is 2.53. The van der Waals surface area contributed by atoms with Gasteiger partial charge in [-0.1, -0.05) is 11.6 Å². The Morgan fingerprint density at radius 2 is 1.88 bits per heavy atom. The van der Waals surface area contributed by atoms with E-state index < -0.39 is 27.2 Å². The fraction of sp³-hybridized carbons (Fsp3) is 0.333. The van der Waals surface area contributed by atoms with Crippen LogP contribution in [0.2, 0.25) is 5.02 Å². The minimum absolute atomic E-state index is 0.0448. The Morgan fingerprint density at radius 1 is 1.16 bits per heavy atom. The molecule has 2 aliphatic rings. The average molecular weight is 401 g/mol. The summed E-state index contributed by atoms with van der Waals surface area (Å²) in [5, 5.41) is 0.223. The van der Waals surface area contributed by atoms with Crippen molar-refractivity contribution in [2.75, 3.05) is 12.4 Å². The predicted molar refractivity (Wildman–Crippen MR) is 96.9 cm³/mol. The topological polar surface area (TPSA) is 26.3 Å². The molecule has 1 saturated heterocycles. The van der Waals surface area contributed by atoms with Crippen molar-refractivity contribution in [3.05, 3.63) is 58.6 Å². The molecule has 7 heteroatoms. The summed E-state index contributed by atoms with van der Waals surface area (Å²) in [5.74, 6) is -0.580. The van der Waals surface area contributed by atoms with Crippen molar-refractivity contribution in [3.8, 4) is 5.75 Å². The van der Waals surface area contributed by atoms with Crippen molar-refractivity contribution in [3.63, 3.8) is 0 Å². The van der Waals surface area contributed by atoms with Gasteiger partial charge in [0.1, 0.15) is 12.4 Å². The third-order valence-electron chi connectivity index (χ3n) is 4.71. The summed E-state index contributed by atoms with van der Waals surface area (Å²) >= 11 is 7.39. The molecule has 1 fully saturated rings. The molecule has 2 aliphatic heterocycles. The number of benzene rings is 2. The molecule has 2 aromatic rings. The van der Waals surface area contributed by atoms with Crippen LogP contribution in [0.15, 0.2) is 41.3 Å². The fourth-order valence-corrected chi connectivity index (χ4v) is 7.21. The van der Waals surface area contributed by atoms with E-state index in [2.05, 4.69) is 0 Å². The smallest absolute Gasteiger partial charge is 0.165 e. The van der Waals surface area contributed by atoms with E-state index in [0.29, 0.717) is 23.6 Å². The molecule has 4 rings (SSSR count). The Kier molecular flexibility index (Phi) is 4.54. The summed E-state index contributed by atoms with van der Waals surface area (Å²) in [7, 11) is -1.16. The second kappa shape index (κ2) is 6.56.